The minimum absolute atomic E-state index is 0.511. The van der Waals surface area contributed by atoms with Crippen LogP contribution in [0, 0.1) is 12.1 Å². The molecule has 0 aliphatic heterocycles. The van der Waals surface area contributed by atoms with E-state index in [-0.39, 0.29) is 0 Å². The zero-order valence-electron chi connectivity index (χ0n) is 25.0. The first-order chi connectivity index (χ1) is 22.7. The molecule has 1 aliphatic carbocycles. The van der Waals surface area contributed by atoms with Crippen LogP contribution in [0.5, 0.6) is 0 Å². The molecule has 1 heteroatoms. The van der Waals surface area contributed by atoms with Gasteiger partial charge < -0.3 is 0 Å². The van der Waals surface area contributed by atoms with E-state index in [2.05, 4.69) is 164 Å². The molecule has 0 aromatic heterocycles. The van der Waals surface area contributed by atoms with Crippen molar-refractivity contribution in [2.75, 3.05) is 0 Å². The quantitative estimate of drug-likeness (QED) is 0.176. The van der Waals surface area contributed by atoms with Crippen molar-refractivity contribution < 1.29 is 0 Å². The summed E-state index contributed by atoms with van der Waals surface area (Å²) in [6.45, 7) is 0. The molecule has 0 spiro atoms. The molecule has 46 heavy (non-hydrogen) atoms. The standard InChI is InChI=1S/C45H27Cl/c46-33-26-27-37(40-28-30-14-7-8-19-34(30)35-20-9-10-21-36(35)40)41(29-33)38-23-13-25-43-44(38)39-22-11-12-24-42(39)45(43,31-15-3-1-4-16-31)32-17-5-2-6-18-32/h1,3-5,7-29H. The fourth-order valence-electron chi connectivity index (χ4n) is 7.86. The topological polar surface area (TPSA) is 0 Å². The smallest absolute Gasteiger partial charge is 0.0720 e. The molecule has 9 rings (SSSR count). The van der Waals surface area contributed by atoms with E-state index >= 15 is 0 Å². The summed E-state index contributed by atoms with van der Waals surface area (Å²) in [6, 6.07) is 65.3. The Morgan fingerprint density at radius 1 is 0.435 bits per heavy atom. The van der Waals surface area contributed by atoms with Crippen molar-refractivity contribution in [2.45, 2.75) is 5.41 Å². The first-order valence-electron chi connectivity index (χ1n) is 15.6. The summed E-state index contributed by atoms with van der Waals surface area (Å²) in [6.07, 6.45) is 0. The highest BCUT2D eigenvalue weighted by Crippen LogP contribution is 2.58. The number of hydrogen-bond acceptors (Lipinski definition) is 0. The van der Waals surface area contributed by atoms with Crippen molar-refractivity contribution in [1.29, 1.82) is 0 Å². The third-order valence-electron chi connectivity index (χ3n) is 9.70. The molecule has 8 aromatic rings. The number of hydrogen-bond donors (Lipinski definition) is 0. The molecule has 0 fully saturated rings. The second-order valence-corrected chi connectivity index (χ2v) is 12.4. The summed E-state index contributed by atoms with van der Waals surface area (Å²) in [4.78, 5) is 0. The Morgan fingerprint density at radius 3 is 2.00 bits per heavy atom. The highest BCUT2D eigenvalue weighted by molar-refractivity contribution is 6.31. The summed E-state index contributed by atoms with van der Waals surface area (Å²) >= 11 is 6.86. The normalized spacial score (nSPS) is 12.9. The van der Waals surface area contributed by atoms with Gasteiger partial charge in [-0.3, -0.25) is 0 Å². The van der Waals surface area contributed by atoms with Crippen LogP contribution >= 0.6 is 11.6 Å². The molecule has 0 radical (unpaired) electrons. The molecule has 0 amide bonds. The van der Waals surface area contributed by atoms with Crippen LogP contribution in [-0.4, -0.2) is 0 Å². The Hall–Kier alpha value is -5.61. The number of benzene rings is 7. The minimum Gasteiger partial charge on any atom is -0.0843 e. The first-order valence-corrected chi connectivity index (χ1v) is 16.0. The molecule has 1 atom stereocenters. The molecule has 0 nitrogen and oxygen atoms in total. The van der Waals surface area contributed by atoms with E-state index in [1.807, 2.05) is 12.1 Å². The lowest BCUT2D eigenvalue weighted by molar-refractivity contribution is 0.769. The SMILES string of the molecule is Clc1ccc(-c2cc3ccccc3c3ccccc23)c(-c2cccc3c2-c2ccccc2C3(c2cc#ccc2)c2ccccc2)c1. The van der Waals surface area contributed by atoms with Gasteiger partial charge in [0.25, 0.3) is 0 Å². The molecule has 1 aliphatic rings. The molecule has 1 unspecified atom stereocenters. The number of rotatable bonds is 4. The van der Waals surface area contributed by atoms with Crippen LogP contribution < -0.4 is 0 Å². The summed E-state index contributed by atoms with van der Waals surface area (Å²) in [5, 5.41) is 5.68. The van der Waals surface area contributed by atoms with E-state index in [4.69, 9.17) is 11.6 Å². The van der Waals surface area contributed by atoms with Crippen LogP contribution in [0.4, 0.5) is 0 Å². The summed E-state index contributed by atoms with van der Waals surface area (Å²) < 4.78 is 0. The number of fused-ring (bicyclic) bond motifs is 6. The van der Waals surface area contributed by atoms with Crippen LogP contribution in [0.3, 0.4) is 0 Å². The Labute approximate surface area is 274 Å². The van der Waals surface area contributed by atoms with Gasteiger partial charge in [0.15, 0.2) is 0 Å². The number of halogens is 1. The lowest BCUT2D eigenvalue weighted by Crippen LogP contribution is -2.28. The molecule has 214 valence electrons. The van der Waals surface area contributed by atoms with Crippen molar-refractivity contribution in [3.05, 3.63) is 203 Å². The van der Waals surface area contributed by atoms with Gasteiger partial charge in [-0.15, -0.1) is 0 Å². The molecule has 0 saturated carbocycles. The molecule has 0 N–H and O–H groups in total. The van der Waals surface area contributed by atoms with Gasteiger partial charge >= 0.3 is 0 Å². The molecule has 0 heterocycles. The average molecular weight is 603 g/mol. The Bertz CT molecular complexity index is 2380. The summed E-state index contributed by atoms with van der Waals surface area (Å²) in [7, 11) is 0. The van der Waals surface area contributed by atoms with Crippen LogP contribution in [-0.2, 0) is 5.41 Å². The molecular weight excluding hydrogens is 576 g/mol. The molecule has 0 bridgehead atoms. The van der Waals surface area contributed by atoms with Crippen molar-refractivity contribution in [2.24, 2.45) is 0 Å². The lowest BCUT2D eigenvalue weighted by Gasteiger charge is -2.33. The zero-order valence-corrected chi connectivity index (χ0v) is 25.7. The maximum absolute atomic E-state index is 6.86. The fraction of sp³-hybridized carbons (Fsp3) is 0.0222. The third kappa shape index (κ3) is 3.83. The van der Waals surface area contributed by atoms with E-state index in [1.54, 1.807) is 0 Å². The molecule has 8 aromatic carbocycles. The van der Waals surface area contributed by atoms with Crippen LogP contribution in [0.15, 0.2) is 164 Å². The van der Waals surface area contributed by atoms with E-state index in [0.717, 1.165) is 16.1 Å². The van der Waals surface area contributed by atoms with Gasteiger partial charge in [-0.2, -0.15) is 0 Å². The first kappa shape index (κ1) is 26.8. The second-order valence-electron chi connectivity index (χ2n) is 12.0. The monoisotopic (exact) mass is 602 g/mol. The van der Waals surface area contributed by atoms with Crippen molar-refractivity contribution in [3.63, 3.8) is 0 Å². The van der Waals surface area contributed by atoms with E-state index in [0.29, 0.717) is 0 Å². The highest BCUT2D eigenvalue weighted by Gasteiger charge is 2.46. The Balaban J connectivity index is 1.39. The van der Waals surface area contributed by atoms with Gasteiger partial charge in [-0.05, 0) is 114 Å². The van der Waals surface area contributed by atoms with Gasteiger partial charge in [-0.1, -0.05) is 151 Å². The highest BCUT2D eigenvalue weighted by atomic mass is 35.5. The summed E-state index contributed by atoms with van der Waals surface area (Å²) in [5.41, 5.74) is 11.5. The van der Waals surface area contributed by atoms with Gasteiger partial charge in [0.2, 0.25) is 0 Å². The van der Waals surface area contributed by atoms with Gasteiger partial charge in [-0.25, -0.2) is 0 Å². The van der Waals surface area contributed by atoms with Crippen molar-refractivity contribution >= 4 is 33.1 Å². The Kier molecular flexibility index (Phi) is 6.10. The second kappa shape index (κ2) is 10.5. The Morgan fingerprint density at radius 2 is 1.15 bits per heavy atom. The fourth-order valence-corrected chi connectivity index (χ4v) is 8.03. The minimum atomic E-state index is -0.511. The predicted octanol–water partition coefficient (Wildman–Crippen LogP) is 11.9. The predicted molar refractivity (Wildman–Crippen MR) is 192 cm³/mol. The summed E-state index contributed by atoms with van der Waals surface area (Å²) in [5.74, 6) is 0. The van der Waals surface area contributed by atoms with Gasteiger partial charge in [0.05, 0.1) is 5.41 Å². The maximum Gasteiger partial charge on any atom is 0.0720 e. The van der Waals surface area contributed by atoms with Crippen LogP contribution in [0.1, 0.15) is 22.3 Å². The van der Waals surface area contributed by atoms with E-state index < -0.39 is 5.41 Å². The lowest BCUT2D eigenvalue weighted by atomic mass is 9.67. The third-order valence-corrected chi connectivity index (χ3v) is 9.93. The largest absolute Gasteiger partial charge is 0.0843 e. The zero-order chi connectivity index (χ0) is 30.7. The average Bonchev–Trinajstić information content (AvgIpc) is 3.43. The van der Waals surface area contributed by atoms with E-state index in [1.165, 1.54) is 66.1 Å². The van der Waals surface area contributed by atoms with Crippen molar-refractivity contribution in [1.82, 2.24) is 0 Å². The maximum atomic E-state index is 6.86. The van der Waals surface area contributed by atoms with E-state index in [9.17, 15) is 0 Å². The molecule has 0 saturated heterocycles. The van der Waals surface area contributed by atoms with Crippen LogP contribution in [0.2, 0.25) is 5.02 Å². The van der Waals surface area contributed by atoms with Gasteiger partial charge in [0, 0.05) is 5.02 Å². The molecular formula is C45H27Cl. The van der Waals surface area contributed by atoms with Gasteiger partial charge in [0.1, 0.15) is 0 Å². The van der Waals surface area contributed by atoms with Crippen LogP contribution in [0.25, 0.3) is 54.9 Å². The van der Waals surface area contributed by atoms with Crippen molar-refractivity contribution in [3.8, 4) is 33.4 Å².